The fraction of sp³-hybridized carbons (Fsp3) is 0.462. The van der Waals surface area contributed by atoms with E-state index in [-0.39, 0.29) is 0 Å². The normalized spacial score (nSPS) is 16.9. The number of hydrogen-bond donors (Lipinski definition) is 2. The molecule has 2 N–H and O–H groups in total. The highest BCUT2D eigenvalue weighted by Crippen LogP contribution is 2.33. The number of benzene rings is 1. The molecule has 3 aromatic rings. The van der Waals surface area contributed by atoms with Crippen molar-refractivity contribution in [1.29, 1.82) is 0 Å². The van der Waals surface area contributed by atoms with E-state index in [1.807, 2.05) is 12.5 Å². The van der Waals surface area contributed by atoms with Crippen molar-refractivity contribution in [2.75, 3.05) is 29.9 Å². The first-order valence-electron chi connectivity index (χ1n) is 12.0. The number of H-pyrrole nitrogens is 1. The van der Waals surface area contributed by atoms with E-state index in [0.29, 0.717) is 5.92 Å². The second kappa shape index (κ2) is 9.33. The van der Waals surface area contributed by atoms with Gasteiger partial charge in [-0.1, -0.05) is 32.4 Å². The van der Waals surface area contributed by atoms with Crippen molar-refractivity contribution in [2.24, 2.45) is 0 Å². The van der Waals surface area contributed by atoms with Gasteiger partial charge in [0.15, 0.2) is 0 Å². The zero-order valence-electron chi connectivity index (χ0n) is 19.3. The van der Waals surface area contributed by atoms with Crippen molar-refractivity contribution in [1.82, 2.24) is 19.9 Å². The number of anilines is 3. The maximum absolute atomic E-state index is 4.73. The Bertz CT molecular complexity index is 1030. The monoisotopic (exact) mass is 430 g/mol. The fourth-order valence-electron chi connectivity index (χ4n) is 4.88. The van der Waals surface area contributed by atoms with Gasteiger partial charge in [-0.05, 0) is 55.1 Å². The Morgan fingerprint density at radius 3 is 2.62 bits per heavy atom. The molecule has 2 aromatic heterocycles. The molecule has 0 unspecified atom stereocenters. The molecule has 6 heteroatoms. The van der Waals surface area contributed by atoms with Crippen molar-refractivity contribution < 1.29 is 0 Å². The van der Waals surface area contributed by atoms with Gasteiger partial charge in [0.2, 0.25) is 0 Å². The van der Waals surface area contributed by atoms with Crippen LogP contribution in [0.4, 0.5) is 17.2 Å². The van der Waals surface area contributed by atoms with Crippen molar-refractivity contribution >= 4 is 17.2 Å². The summed E-state index contributed by atoms with van der Waals surface area (Å²) in [5.41, 5.74) is 7.43. The van der Waals surface area contributed by atoms with Crippen LogP contribution in [0, 0.1) is 0 Å². The lowest BCUT2D eigenvalue weighted by Crippen LogP contribution is -2.31. The number of aromatic nitrogens is 3. The maximum atomic E-state index is 4.73. The SMILES string of the molecule is CC(C)c1cnc(Nc2ccc(CN3CCCCC3)cc2)cc1N1CCc2nc[nH]c2C1. The van der Waals surface area contributed by atoms with E-state index >= 15 is 0 Å². The number of pyridine rings is 1. The molecule has 1 aromatic carbocycles. The third-order valence-electron chi connectivity index (χ3n) is 6.73. The predicted molar refractivity (Wildman–Crippen MR) is 131 cm³/mol. The largest absolute Gasteiger partial charge is 0.365 e. The van der Waals surface area contributed by atoms with E-state index in [9.17, 15) is 0 Å². The summed E-state index contributed by atoms with van der Waals surface area (Å²) in [7, 11) is 0. The van der Waals surface area contributed by atoms with Crippen LogP contribution in [0.2, 0.25) is 0 Å². The second-order valence-corrected chi connectivity index (χ2v) is 9.44. The summed E-state index contributed by atoms with van der Waals surface area (Å²) in [6.45, 7) is 9.82. The Balaban J connectivity index is 1.31. The minimum Gasteiger partial charge on any atom is -0.365 e. The molecule has 5 rings (SSSR count). The first-order chi connectivity index (χ1) is 15.7. The van der Waals surface area contributed by atoms with Crippen LogP contribution in [0.1, 0.15) is 61.5 Å². The molecular weight excluding hydrogens is 396 g/mol. The summed E-state index contributed by atoms with van der Waals surface area (Å²) < 4.78 is 0. The van der Waals surface area contributed by atoms with Gasteiger partial charge < -0.3 is 15.2 Å². The number of nitrogens with zero attached hydrogens (tertiary/aromatic N) is 4. The topological polar surface area (TPSA) is 60.1 Å². The van der Waals surface area contributed by atoms with Gasteiger partial charge in [0.05, 0.1) is 24.3 Å². The van der Waals surface area contributed by atoms with Gasteiger partial charge in [-0.2, -0.15) is 0 Å². The van der Waals surface area contributed by atoms with Crippen LogP contribution in [-0.2, 0) is 19.5 Å². The number of aromatic amines is 1. The van der Waals surface area contributed by atoms with Gasteiger partial charge in [0.1, 0.15) is 5.82 Å². The first kappa shape index (κ1) is 21.0. The van der Waals surface area contributed by atoms with Gasteiger partial charge in [0, 0.05) is 43.1 Å². The smallest absolute Gasteiger partial charge is 0.132 e. The van der Waals surface area contributed by atoms with Gasteiger partial charge in [0.25, 0.3) is 0 Å². The van der Waals surface area contributed by atoms with Crippen LogP contribution in [0.25, 0.3) is 0 Å². The molecule has 0 bridgehead atoms. The number of nitrogens with one attached hydrogen (secondary N) is 2. The van der Waals surface area contributed by atoms with Gasteiger partial charge >= 0.3 is 0 Å². The number of rotatable bonds is 6. The summed E-state index contributed by atoms with van der Waals surface area (Å²) in [5.74, 6) is 1.31. The molecule has 0 aliphatic carbocycles. The lowest BCUT2D eigenvalue weighted by atomic mass is 10.0. The number of piperidine rings is 1. The van der Waals surface area contributed by atoms with Crippen LogP contribution in [0.5, 0.6) is 0 Å². The fourth-order valence-corrected chi connectivity index (χ4v) is 4.88. The zero-order valence-corrected chi connectivity index (χ0v) is 19.3. The lowest BCUT2D eigenvalue weighted by Gasteiger charge is -2.31. The minimum atomic E-state index is 0.420. The Morgan fingerprint density at radius 1 is 1.03 bits per heavy atom. The van der Waals surface area contributed by atoms with E-state index in [2.05, 4.69) is 69.3 Å². The predicted octanol–water partition coefficient (Wildman–Crippen LogP) is 5.22. The zero-order chi connectivity index (χ0) is 21.9. The van der Waals surface area contributed by atoms with E-state index in [4.69, 9.17) is 4.98 Å². The summed E-state index contributed by atoms with van der Waals surface area (Å²) in [5, 5.41) is 3.52. The molecule has 168 valence electrons. The van der Waals surface area contributed by atoms with Crippen LogP contribution in [0.15, 0.2) is 42.9 Å². The quantitative estimate of drug-likeness (QED) is 0.561. The Morgan fingerprint density at radius 2 is 1.84 bits per heavy atom. The highest BCUT2D eigenvalue weighted by molar-refractivity contribution is 5.65. The first-order valence-corrected chi connectivity index (χ1v) is 12.0. The molecule has 4 heterocycles. The lowest BCUT2D eigenvalue weighted by molar-refractivity contribution is 0.221. The van der Waals surface area contributed by atoms with Crippen LogP contribution in [-0.4, -0.2) is 39.5 Å². The molecule has 1 saturated heterocycles. The summed E-state index contributed by atoms with van der Waals surface area (Å²) >= 11 is 0. The Kier molecular flexibility index (Phi) is 6.12. The minimum absolute atomic E-state index is 0.420. The molecule has 0 amide bonds. The van der Waals surface area contributed by atoms with Gasteiger partial charge in [-0.3, -0.25) is 4.90 Å². The molecule has 0 atom stereocenters. The average Bonchev–Trinajstić information content (AvgIpc) is 3.29. The van der Waals surface area contributed by atoms with Crippen molar-refractivity contribution in [3.8, 4) is 0 Å². The number of likely N-dealkylation sites (tertiary alicyclic amines) is 1. The number of imidazole rings is 1. The maximum Gasteiger partial charge on any atom is 0.132 e. The number of fused-ring (bicyclic) bond motifs is 1. The molecule has 0 saturated carbocycles. The van der Waals surface area contributed by atoms with Crippen LogP contribution < -0.4 is 10.2 Å². The molecular formula is C26H34N6. The van der Waals surface area contributed by atoms with Crippen LogP contribution in [0.3, 0.4) is 0 Å². The van der Waals surface area contributed by atoms with Crippen molar-refractivity contribution in [3.05, 3.63) is 65.4 Å². The highest BCUT2D eigenvalue weighted by atomic mass is 15.2. The standard InChI is InChI=1S/C26H34N6/c1-19(2)22-15-27-26(14-25(22)32-13-10-23-24(17-32)29-18-28-23)30-21-8-6-20(7-9-21)16-31-11-4-3-5-12-31/h6-9,14-15,18-19H,3-5,10-13,16-17H2,1-2H3,(H,27,30)(H,28,29). The summed E-state index contributed by atoms with van der Waals surface area (Å²) in [6.07, 6.45) is 8.86. The molecule has 32 heavy (non-hydrogen) atoms. The Hall–Kier alpha value is -2.86. The molecule has 6 nitrogen and oxygen atoms in total. The third kappa shape index (κ3) is 4.65. The van der Waals surface area contributed by atoms with Crippen molar-refractivity contribution in [3.63, 3.8) is 0 Å². The van der Waals surface area contributed by atoms with E-state index in [1.54, 1.807) is 0 Å². The molecule has 2 aliphatic rings. The average molecular weight is 431 g/mol. The molecule has 2 aliphatic heterocycles. The van der Waals surface area contributed by atoms with E-state index < -0.39 is 0 Å². The molecule has 0 radical (unpaired) electrons. The van der Waals surface area contributed by atoms with Crippen molar-refractivity contribution in [2.45, 2.75) is 58.5 Å². The molecule has 0 spiro atoms. The highest BCUT2D eigenvalue weighted by Gasteiger charge is 2.22. The second-order valence-electron chi connectivity index (χ2n) is 9.44. The van der Waals surface area contributed by atoms with Crippen LogP contribution >= 0.6 is 0 Å². The third-order valence-corrected chi connectivity index (χ3v) is 6.73. The van der Waals surface area contributed by atoms with E-state index in [0.717, 1.165) is 37.6 Å². The Labute approximate surface area is 191 Å². The van der Waals surface area contributed by atoms with Gasteiger partial charge in [-0.25, -0.2) is 9.97 Å². The molecule has 1 fully saturated rings. The summed E-state index contributed by atoms with van der Waals surface area (Å²) in [4.78, 5) is 17.5. The number of hydrogen-bond acceptors (Lipinski definition) is 5. The van der Waals surface area contributed by atoms with Gasteiger partial charge in [-0.15, -0.1) is 0 Å². The van der Waals surface area contributed by atoms with E-state index in [1.165, 1.54) is 60.6 Å². The summed E-state index contributed by atoms with van der Waals surface area (Å²) in [6, 6.07) is 11.0.